The van der Waals surface area contributed by atoms with Crippen LogP contribution in [0.4, 0.5) is 13.2 Å². The second kappa shape index (κ2) is 55.2. The van der Waals surface area contributed by atoms with Gasteiger partial charge in [-0.3, -0.25) is 76.7 Å². The van der Waals surface area contributed by atoms with Gasteiger partial charge in [0.05, 0.1) is 45.0 Å². The van der Waals surface area contributed by atoms with Gasteiger partial charge >= 0.3 is 30.1 Å². The minimum atomic E-state index is -5.08. The van der Waals surface area contributed by atoms with E-state index in [-0.39, 0.29) is 96.4 Å². The van der Waals surface area contributed by atoms with Crippen molar-refractivity contribution in [3.05, 3.63) is 35.9 Å². The van der Waals surface area contributed by atoms with E-state index in [9.17, 15) is 136 Å². The predicted octanol–water partition coefficient (Wildman–Crippen LogP) is -8.87. The third kappa shape index (κ3) is 39.3. The number of primary amides is 1. The van der Waals surface area contributed by atoms with Crippen molar-refractivity contribution >= 4 is 107 Å². The minimum Gasteiger partial charge on any atom is -0.481 e. The molecular weight excluding hydrogens is 1640 g/mol. The Morgan fingerprint density at radius 3 is 1.59 bits per heavy atom. The number of aliphatic carboxylic acids is 4. The van der Waals surface area contributed by atoms with Gasteiger partial charge in [-0.2, -0.15) is 13.2 Å². The molecule has 1 aromatic rings. The first-order chi connectivity index (χ1) is 57.3. The Bertz CT molecular complexity index is 3670. The van der Waals surface area contributed by atoms with E-state index in [4.69, 9.17) is 42.3 Å². The second-order valence-corrected chi connectivity index (χ2v) is 28.8. The Labute approximate surface area is 697 Å². The van der Waals surface area contributed by atoms with Crippen LogP contribution >= 0.6 is 0 Å². The average Bonchev–Trinajstić information content (AvgIpc) is 1.02. The summed E-state index contributed by atoms with van der Waals surface area (Å²) in [6, 6.07) is -4.65. The number of nitrogens with two attached hydrogens (primary N) is 4. The number of nitrogens with zero attached hydrogens (tertiary/aromatic N) is 1. The highest BCUT2D eigenvalue weighted by molar-refractivity contribution is 5.98. The number of aliphatic hydroxyl groups is 5. The summed E-state index contributed by atoms with van der Waals surface area (Å²) in [6.45, 7) is 1.95. The maximum absolute atomic E-state index is 14.6. The van der Waals surface area contributed by atoms with Gasteiger partial charge in [-0.15, -0.1) is 0 Å². The Kier molecular flexibility index (Phi) is 48.4. The van der Waals surface area contributed by atoms with Crippen LogP contribution in [0.1, 0.15) is 136 Å². The molecule has 29 N–H and O–H groups in total. The van der Waals surface area contributed by atoms with Crippen LogP contribution in [0, 0.1) is 11.8 Å². The van der Waals surface area contributed by atoms with Crippen LogP contribution in [0.5, 0.6) is 0 Å². The number of benzene rings is 1. The van der Waals surface area contributed by atoms with Gasteiger partial charge in [-0.05, 0) is 115 Å². The van der Waals surface area contributed by atoms with Gasteiger partial charge in [0, 0.05) is 44.8 Å². The normalized spacial score (nSPS) is 19.1. The van der Waals surface area contributed by atoms with Crippen molar-refractivity contribution in [2.75, 3.05) is 59.0 Å². The number of amides is 14. The molecule has 2 heterocycles. The Hall–Kier alpha value is -10.9. The third-order valence-corrected chi connectivity index (χ3v) is 19.2. The van der Waals surface area contributed by atoms with E-state index in [2.05, 4.69) is 58.5 Å². The van der Waals surface area contributed by atoms with Gasteiger partial charge in [0.15, 0.2) is 12.3 Å². The summed E-state index contributed by atoms with van der Waals surface area (Å²) in [4.78, 5) is 234. The van der Waals surface area contributed by atoms with Gasteiger partial charge < -0.3 is 147 Å². The molecule has 0 saturated carbocycles. The van der Waals surface area contributed by atoms with Crippen LogP contribution in [0.15, 0.2) is 30.3 Å². The predicted molar refractivity (Wildman–Crippen MR) is 414 cm³/mol. The highest BCUT2D eigenvalue weighted by atomic mass is 19.4. The van der Waals surface area contributed by atoms with Crippen molar-refractivity contribution in [1.29, 1.82) is 0 Å². The standard InChI is InChI=1S/C71H115N17O27.C2HF3O2/c1-5-36(2)56(86-50(92)31-74)69(111)80-37(3)61(103)76-27-11-15-40(29-39-13-7-6-8-14-39)62(104)83-43(19-18-41(30-73)114-71-60(102)59(101)58(100)48(35-89)115-71)64(106)78-33-51(93)81-45(21-24-54(96)97)66(108)84-44(20-23-49(75)91)65(107)79-34-53(95)88-28-12-17-47(88)68(110)85-42(16-9-10-26-72)63(105)77-32-52(94)82-46(22-25-55(98)99)67(109)87-57(38(4)90)70(112)113;3-2(4,5)1(6)7/h6-8,13-14,36-38,40-48,56-60,71,89-90,100-102H,5,9-12,15-35,72-74H2,1-4H3,(H2,75,91)(H,76,103)(H,77,105)(H,78,106)(H,79,107)(H,80,111)(H,81,93)(H,82,94)(H,83,104)(H,84,108)(H,85,110)(H,86,92)(H,87,109)(H,96,97)(H,98,99)(H,112,113);(H,6,7)/t36-,37-,38+,40-,41+,42-,43?,44-,45-,46-,47-,48+,56-,57-,58-,59-,60+,71+;/m0./s1. The second-order valence-electron chi connectivity index (χ2n) is 28.8. The third-order valence-electron chi connectivity index (χ3n) is 19.2. The SMILES string of the molecule is CC[C@H](C)[C@H](NC(=O)CN)C(=O)N[C@@H](C)C(=O)NCCC[C@@H](Cc1ccccc1)C(=O)NC(CC[C@H](CN)O[C@@H]1O[C@H](CO)[C@H](O)[C@H](O)[C@H]1O)C(=O)NCC(=O)N[C@@H](CCC(=O)O)C(=O)N[C@@H](CCC(N)=O)C(=O)NCC(=O)N1CCC[C@H]1C(=O)N[C@@H](CCCCN)C(=O)NCC(=O)N[C@@H](CCC(=O)O)C(=O)N[C@H](C(=O)O)[C@@H](C)O.O=C(O)C(F)(F)F. The van der Waals surface area contributed by atoms with Crippen LogP contribution < -0.4 is 86.7 Å². The highest BCUT2D eigenvalue weighted by Gasteiger charge is 2.46. The lowest BCUT2D eigenvalue weighted by Gasteiger charge is -2.40. The number of unbranched alkanes of at least 4 members (excludes halogenated alkanes) is 1. The zero-order chi connectivity index (χ0) is 92.3. The molecule has 3 rings (SSSR count). The molecule has 0 aliphatic carbocycles. The number of aliphatic hydroxyl groups excluding tert-OH is 5. The van der Waals surface area contributed by atoms with Gasteiger partial charge in [0.25, 0.3) is 0 Å². The van der Waals surface area contributed by atoms with Crippen molar-refractivity contribution in [1.82, 2.24) is 68.7 Å². The van der Waals surface area contributed by atoms with Crippen LogP contribution in [0.3, 0.4) is 0 Å². The number of hydrogen-bond donors (Lipinski definition) is 25. The molecule has 2 aliphatic rings. The first-order valence-electron chi connectivity index (χ1n) is 39.2. The van der Waals surface area contributed by atoms with Crippen LogP contribution in [0.2, 0.25) is 0 Å². The summed E-state index contributed by atoms with van der Waals surface area (Å²) < 4.78 is 43.1. The topological polar surface area (TPSA) is 759 Å². The summed E-state index contributed by atoms with van der Waals surface area (Å²) in [5.74, 6) is -21.3. The number of hydrogen-bond acceptors (Lipinski definition) is 28. The molecular formula is C73H116F3N17O29. The molecule has 0 aromatic heterocycles. The molecule has 2 saturated heterocycles. The maximum atomic E-state index is 14.6. The van der Waals surface area contributed by atoms with Gasteiger partial charge in [-0.1, -0.05) is 50.6 Å². The molecule has 688 valence electrons. The number of likely N-dealkylation sites (tertiary alicyclic amines) is 1. The van der Waals surface area contributed by atoms with Crippen LogP contribution in [0.25, 0.3) is 0 Å². The molecule has 1 unspecified atom stereocenters. The molecule has 0 bridgehead atoms. The number of rotatable bonds is 54. The van der Waals surface area contributed by atoms with Gasteiger partial charge in [0.2, 0.25) is 82.7 Å². The molecule has 0 spiro atoms. The van der Waals surface area contributed by atoms with E-state index in [1.165, 1.54) is 6.92 Å². The van der Waals surface area contributed by atoms with E-state index in [1.54, 1.807) is 37.3 Å². The molecule has 49 heteroatoms. The van der Waals surface area contributed by atoms with Gasteiger partial charge in [-0.25, -0.2) is 9.59 Å². The first-order valence-corrected chi connectivity index (χ1v) is 39.2. The maximum Gasteiger partial charge on any atom is 0.490 e. The number of carbonyl (C=O) groups excluding carboxylic acids is 14. The monoisotopic (exact) mass is 1750 g/mol. The summed E-state index contributed by atoms with van der Waals surface area (Å²) in [7, 11) is 0. The molecule has 46 nitrogen and oxygen atoms in total. The van der Waals surface area contributed by atoms with E-state index < -0.39 is 281 Å². The Morgan fingerprint density at radius 2 is 1.09 bits per heavy atom. The molecule has 2 aliphatic heterocycles. The molecule has 1 aromatic carbocycles. The van der Waals surface area contributed by atoms with Crippen LogP contribution in [-0.4, -0.2) is 320 Å². The number of carboxylic acids is 4. The summed E-state index contributed by atoms with van der Waals surface area (Å²) in [5.41, 5.74) is 23.3. The number of carbonyl (C=O) groups is 18. The number of alkyl halides is 3. The quantitative estimate of drug-likeness (QED) is 0.0269. The molecule has 2 fully saturated rings. The van der Waals surface area contributed by atoms with Crippen molar-refractivity contribution < 1.29 is 155 Å². The molecule has 18 atom stereocenters. The van der Waals surface area contributed by atoms with Crippen molar-refractivity contribution in [3.63, 3.8) is 0 Å². The fraction of sp³-hybridized carbons (Fsp3) is 0.671. The number of ether oxygens (including phenoxy) is 2. The largest absolute Gasteiger partial charge is 0.490 e. The zero-order valence-corrected chi connectivity index (χ0v) is 67.7. The van der Waals surface area contributed by atoms with E-state index in [0.717, 1.165) is 11.8 Å². The first kappa shape index (κ1) is 107. The lowest BCUT2D eigenvalue weighted by molar-refractivity contribution is -0.310. The fourth-order valence-corrected chi connectivity index (χ4v) is 12.1. The Balaban J connectivity index is 0.00000687. The van der Waals surface area contributed by atoms with E-state index in [1.807, 2.05) is 12.2 Å². The van der Waals surface area contributed by atoms with Crippen molar-refractivity contribution in [3.8, 4) is 0 Å². The summed E-state index contributed by atoms with van der Waals surface area (Å²) >= 11 is 0. The minimum absolute atomic E-state index is 0.0190. The zero-order valence-electron chi connectivity index (χ0n) is 67.7. The summed E-state index contributed by atoms with van der Waals surface area (Å²) in [6.07, 6.45) is -19.1. The van der Waals surface area contributed by atoms with Crippen molar-refractivity contribution in [2.24, 2.45) is 34.8 Å². The molecule has 14 amide bonds. The van der Waals surface area contributed by atoms with Gasteiger partial charge in [0.1, 0.15) is 72.8 Å². The Morgan fingerprint density at radius 1 is 0.566 bits per heavy atom. The number of carboxylic acid groups (broad SMARTS) is 4. The van der Waals surface area contributed by atoms with E-state index in [0.29, 0.717) is 18.4 Å². The average molecular weight is 1750 g/mol. The van der Waals surface area contributed by atoms with Crippen LogP contribution in [-0.2, 0) is 102 Å². The van der Waals surface area contributed by atoms with E-state index >= 15 is 0 Å². The lowest BCUT2D eigenvalue weighted by atomic mass is 9.93. The highest BCUT2D eigenvalue weighted by Crippen LogP contribution is 2.25. The number of nitrogens with one attached hydrogen (secondary N) is 12. The smallest absolute Gasteiger partial charge is 0.481 e. The fourth-order valence-electron chi connectivity index (χ4n) is 12.1. The molecule has 122 heavy (non-hydrogen) atoms. The number of halogens is 3. The molecule has 0 radical (unpaired) electrons. The summed E-state index contributed by atoms with van der Waals surface area (Å²) in [5, 5.41) is 116. The van der Waals surface area contributed by atoms with Crippen molar-refractivity contribution in [2.45, 2.75) is 240 Å². The lowest BCUT2D eigenvalue weighted by Crippen LogP contribution is -2.60.